The SMILES string of the molecule is CCCCCC#CC(C)=O. The van der Waals surface area contributed by atoms with Gasteiger partial charge in [0.1, 0.15) is 0 Å². The third-order valence-corrected chi connectivity index (χ3v) is 1.17. The van der Waals surface area contributed by atoms with Crippen molar-refractivity contribution in [2.75, 3.05) is 0 Å². The van der Waals surface area contributed by atoms with Gasteiger partial charge in [-0.3, -0.25) is 4.79 Å². The Hall–Kier alpha value is -0.770. The van der Waals surface area contributed by atoms with Gasteiger partial charge in [-0.15, -0.1) is 0 Å². The molecule has 0 amide bonds. The lowest BCUT2D eigenvalue weighted by Gasteiger charge is -1.87. The van der Waals surface area contributed by atoms with Gasteiger partial charge >= 0.3 is 0 Å². The molecule has 0 aliphatic rings. The first-order chi connectivity index (χ1) is 4.77. The van der Waals surface area contributed by atoms with Crippen LogP contribution < -0.4 is 0 Å². The fraction of sp³-hybridized carbons (Fsp3) is 0.667. The zero-order chi connectivity index (χ0) is 7.82. The van der Waals surface area contributed by atoms with Gasteiger partial charge in [0, 0.05) is 13.3 Å². The molecule has 0 saturated heterocycles. The minimum Gasteiger partial charge on any atom is -0.285 e. The summed E-state index contributed by atoms with van der Waals surface area (Å²) in [7, 11) is 0. The van der Waals surface area contributed by atoms with Crippen molar-refractivity contribution in [1.82, 2.24) is 0 Å². The molecule has 0 saturated carbocycles. The number of rotatable bonds is 3. The zero-order valence-corrected chi connectivity index (χ0v) is 6.74. The lowest BCUT2D eigenvalue weighted by atomic mass is 10.2. The monoisotopic (exact) mass is 138 g/mol. The van der Waals surface area contributed by atoms with Gasteiger partial charge in [-0.25, -0.2) is 0 Å². The van der Waals surface area contributed by atoms with Crippen LogP contribution in [-0.2, 0) is 4.79 Å². The second kappa shape index (κ2) is 6.35. The van der Waals surface area contributed by atoms with Crippen LogP contribution in [0.3, 0.4) is 0 Å². The topological polar surface area (TPSA) is 17.1 Å². The van der Waals surface area contributed by atoms with E-state index in [2.05, 4.69) is 18.8 Å². The minimum absolute atomic E-state index is 0.0310. The fourth-order valence-electron chi connectivity index (χ4n) is 0.650. The number of unbranched alkanes of at least 4 members (excludes halogenated alkanes) is 3. The second-order valence-corrected chi connectivity index (χ2v) is 2.32. The molecule has 0 aromatic rings. The molecule has 0 rings (SSSR count). The Morgan fingerprint density at radius 3 is 2.60 bits per heavy atom. The summed E-state index contributed by atoms with van der Waals surface area (Å²) in [5, 5.41) is 0. The number of carbonyl (C=O) groups excluding carboxylic acids is 1. The zero-order valence-electron chi connectivity index (χ0n) is 6.74. The summed E-state index contributed by atoms with van der Waals surface area (Å²) in [6.45, 7) is 3.64. The van der Waals surface area contributed by atoms with E-state index in [1.54, 1.807) is 0 Å². The van der Waals surface area contributed by atoms with Crippen molar-refractivity contribution < 1.29 is 4.79 Å². The van der Waals surface area contributed by atoms with E-state index in [0.29, 0.717) is 0 Å². The summed E-state index contributed by atoms with van der Waals surface area (Å²) >= 11 is 0. The largest absolute Gasteiger partial charge is 0.285 e. The van der Waals surface area contributed by atoms with E-state index in [9.17, 15) is 4.79 Å². The highest BCUT2D eigenvalue weighted by atomic mass is 16.1. The molecule has 0 aliphatic heterocycles. The molecule has 0 radical (unpaired) electrons. The van der Waals surface area contributed by atoms with Gasteiger partial charge in [0.05, 0.1) is 0 Å². The van der Waals surface area contributed by atoms with Crippen LogP contribution >= 0.6 is 0 Å². The molecule has 0 atom stereocenters. The standard InChI is InChI=1S/C9H14O/c1-3-4-5-6-7-8-9(2)10/h3-6H2,1-2H3. The average molecular weight is 138 g/mol. The molecule has 0 unspecified atom stereocenters. The van der Waals surface area contributed by atoms with E-state index in [4.69, 9.17) is 0 Å². The van der Waals surface area contributed by atoms with Gasteiger partial charge < -0.3 is 0 Å². The van der Waals surface area contributed by atoms with Crippen LogP contribution in [0.25, 0.3) is 0 Å². The molecule has 10 heavy (non-hydrogen) atoms. The van der Waals surface area contributed by atoms with Gasteiger partial charge in [-0.1, -0.05) is 25.7 Å². The Kier molecular flexibility index (Phi) is 5.86. The number of hydrogen-bond donors (Lipinski definition) is 0. The minimum atomic E-state index is -0.0310. The highest BCUT2D eigenvalue weighted by Crippen LogP contribution is 1.96. The summed E-state index contributed by atoms with van der Waals surface area (Å²) in [5.41, 5.74) is 0. The van der Waals surface area contributed by atoms with E-state index in [1.807, 2.05) is 0 Å². The molecular weight excluding hydrogens is 124 g/mol. The van der Waals surface area contributed by atoms with Gasteiger partial charge in [0.15, 0.2) is 0 Å². The molecule has 0 bridgehead atoms. The van der Waals surface area contributed by atoms with Crippen molar-refractivity contribution in [2.45, 2.75) is 39.5 Å². The van der Waals surface area contributed by atoms with Crippen LogP contribution in [0, 0.1) is 11.8 Å². The van der Waals surface area contributed by atoms with Crippen molar-refractivity contribution in [1.29, 1.82) is 0 Å². The van der Waals surface area contributed by atoms with E-state index in [1.165, 1.54) is 19.8 Å². The molecular formula is C9H14O. The van der Waals surface area contributed by atoms with Gasteiger partial charge in [0.2, 0.25) is 5.78 Å². The van der Waals surface area contributed by atoms with Crippen LogP contribution in [0.1, 0.15) is 39.5 Å². The van der Waals surface area contributed by atoms with Gasteiger partial charge in [0.25, 0.3) is 0 Å². The van der Waals surface area contributed by atoms with Crippen LogP contribution in [0.2, 0.25) is 0 Å². The summed E-state index contributed by atoms with van der Waals surface area (Å²) in [5.74, 6) is 5.30. The molecule has 0 aliphatic carbocycles. The first-order valence-electron chi connectivity index (χ1n) is 3.76. The van der Waals surface area contributed by atoms with Crippen LogP contribution in [0.4, 0.5) is 0 Å². The Balaban J connectivity index is 3.20. The smallest absolute Gasteiger partial charge is 0.202 e. The summed E-state index contributed by atoms with van der Waals surface area (Å²) in [6.07, 6.45) is 4.42. The Morgan fingerprint density at radius 1 is 1.40 bits per heavy atom. The number of Topliss-reactive ketones (excluding diaryl/α,β-unsaturated/α-hetero) is 1. The highest BCUT2D eigenvalue weighted by Gasteiger charge is 1.81. The molecule has 1 nitrogen and oxygen atoms in total. The third-order valence-electron chi connectivity index (χ3n) is 1.17. The maximum atomic E-state index is 10.3. The first kappa shape index (κ1) is 9.23. The van der Waals surface area contributed by atoms with Gasteiger partial charge in [-0.05, 0) is 12.3 Å². The lowest BCUT2D eigenvalue weighted by Crippen LogP contribution is -1.80. The molecule has 0 heterocycles. The normalized spacial score (nSPS) is 8.20. The summed E-state index contributed by atoms with van der Waals surface area (Å²) < 4.78 is 0. The molecule has 1 heteroatoms. The van der Waals surface area contributed by atoms with Crippen molar-refractivity contribution in [2.24, 2.45) is 0 Å². The third kappa shape index (κ3) is 7.23. The lowest BCUT2D eigenvalue weighted by molar-refractivity contribution is -0.111. The molecule has 0 fully saturated rings. The quantitative estimate of drug-likeness (QED) is 0.332. The molecule has 0 aromatic heterocycles. The molecule has 0 spiro atoms. The van der Waals surface area contributed by atoms with Crippen LogP contribution in [-0.4, -0.2) is 5.78 Å². The predicted molar refractivity (Wildman–Crippen MR) is 42.6 cm³/mol. The summed E-state index contributed by atoms with van der Waals surface area (Å²) in [6, 6.07) is 0. The Morgan fingerprint density at radius 2 is 2.10 bits per heavy atom. The van der Waals surface area contributed by atoms with Crippen molar-refractivity contribution >= 4 is 5.78 Å². The fourth-order valence-corrected chi connectivity index (χ4v) is 0.650. The predicted octanol–water partition coefficient (Wildman–Crippen LogP) is 2.16. The number of carbonyl (C=O) groups is 1. The first-order valence-corrected chi connectivity index (χ1v) is 3.76. The van der Waals surface area contributed by atoms with E-state index >= 15 is 0 Å². The maximum Gasteiger partial charge on any atom is 0.202 e. The maximum absolute atomic E-state index is 10.3. The highest BCUT2D eigenvalue weighted by molar-refractivity contribution is 5.93. The van der Waals surface area contributed by atoms with Crippen LogP contribution in [0.15, 0.2) is 0 Å². The van der Waals surface area contributed by atoms with E-state index in [0.717, 1.165) is 12.8 Å². The van der Waals surface area contributed by atoms with Crippen LogP contribution in [0.5, 0.6) is 0 Å². The molecule has 0 N–H and O–H groups in total. The van der Waals surface area contributed by atoms with Gasteiger partial charge in [-0.2, -0.15) is 0 Å². The number of ketones is 1. The summed E-state index contributed by atoms with van der Waals surface area (Å²) in [4.78, 5) is 10.3. The number of hydrogen-bond acceptors (Lipinski definition) is 1. The van der Waals surface area contributed by atoms with Crippen molar-refractivity contribution in [3.8, 4) is 11.8 Å². The van der Waals surface area contributed by atoms with Crippen molar-refractivity contribution in [3.05, 3.63) is 0 Å². The van der Waals surface area contributed by atoms with E-state index in [-0.39, 0.29) is 5.78 Å². The second-order valence-electron chi connectivity index (χ2n) is 2.32. The Bertz CT molecular complexity index is 148. The average Bonchev–Trinajstić information content (AvgIpc) is 1.87. The Labute approximate surface area is 62.8 Å². The van der Waals surface area contributed by atoms with Crippen molar-refractivity contribution in [3.63, 3.8) is 0 Å². The molecule has 56 valence electrons. The van der Waals surface area contributed by atoms with E-state index < -0.39 is 0 Å². The molecule has 0 aromatic carbocycles.